The number of rotatable bonds is 7. The Morgan fingerprint density at radius 2 is 2.29 bits per heavy atom. The molecule has 1 fully saturated rings. The first kappa shape index (κ1) is 16.7. The van der Waals surface area contributed by atoms with E-state index in [2.05, 4.69) is 36.1 Å². The van der Waals surface area contributed by atoms with Gasteiger partial charge in [0.2, 0.25) is 0 Å². The third kappa shape index (κ3) is 4.64. The molecule has 1 saturated heterocycles. The second-order valence-electron chi connectivity index (χ2n) is 5.88. The van der Waals surface area contributed by atoms with Gasteiger partial charge in [-0.25, -0.2) is 4.98 Å². The van der Waals surface area contributed by atoms with E-state index in [1.807, 2.05) is 11.3 Å². The van der Waals surface area contributed by atoms with Gasteiger partial charge in [0.15, 0.2) is 5.13 Å². The van der Waals surface area contributed by atoms with Gasteiger partial charge in [0.1, 0.15) is 0 Å². The SMILES string of the molecule is COCCNCc1sc(N2CCCC(N(C)C)C2)nc1C. The smallest absolute Gasteiger partial charge is 0.185 e. The number of ether oxygens (including phenoxy) is 1. The van der Waals surface area contributed by atoms with E-state index in [1.165, 1.54) is 22.9 Å². The zero-order valence-electron chi connectivity index (χ0n) is 13.7. The van der Waals surface area contributed by atoms with Crippen LogP contribution in [0.4, 0.5) is 5.13 Å². The number of hydrogen-bond acceptors (Lipinski definition) is 6. The van der Waals surface area contributed by atoms with Crippen LogP contribution in [0, 0.1) is 6.92 Å². The fraction of sp³-hybridized carbons (Fsp3) is 0.800. The van der Waals surface area contributed by atoms with Gasteiger partial charge in [0.25, 0.3) is 0 Å². The first-order chi connectivity index (χ1) is 10.1. The molecule has 0 aliphatic carbocycles. The number of likely N-dealkylation sites (N-methyl/N-ethyl adjacent to an activating group) is 1. The molecule has 1 aliphatic rings. The minimum atomic E-state index is 0.645. The summed E-state index contributed by atoms with van der Waals surface area (Å²) in [5, 5.41) is 4.59. The third-order valence-electron chi connectivity index (χ3n) is 4.05. The molecule has 0 spiro atoms. The number of aromatic nitrogens is 1. The van der Waals surface area contributed by atoms with E-state index in [4.69, 9.17) is 9.72 Å². The topological polar surface area (TPSA) is 40.6 Å². The van der Waals surface area contributed by atoms with Gasteiger partial charge in [-0.2, -0.15) is 0 Å². The molecule has 1 unspecified atom stereocenters. The Bertz CT molecular complexity index is 435. The summed E-state index contributed by atoms with van der Waals surface area (Å²) in [6, 6.07) is 0.645. The Hall–Kier alpha value is -0.690. The van der Waals surface area contributed by atoms with E-state index in [-0.39, 0.29) is 0 Å². The second kappa shape index (κ2) is 8.08. The highest BCUT2D eigenvalue weighted by atomic mass is 32.1. The quantitative estimate of drug-likeness (QED) is 0.776. The van der Waals surface area contributed by atoms with E-state index in [0.29, 0.717) is 6.04 Å². The molecule has 1 aromatic rings. The molecule has 0 amide bonds. The molecule has 120 valence electrons. The average Bonchev–Trinajstić information content (AvgIpc) is 2.85. The van der Waals surface area contributed by atoms with E-state index in [1.54, 1.807) is 7.11 Å². The number of thiazole rings is 1. The van der Waals surface area contributed by atoms with Gasteiger partial charge in [0, 0.05) is 44.2 Å². The van der Waals surface area contributed by atoms with Crippen molar-refractivity contribution in [2.75, 3.05) is 52.3 Å². The summed E-state index contributed by atoms with van der Waals surface area (Å²) in [6.07, 6.45) is 2.54. The fourth-order valence-electron chi connectivity index (χ4n) is 2.64. The molecule has 1 N–H and O–H groups in total. The third-order valence-corrected chi connectivity index (χ3v) is 5.27. The molecular weight excluding hydrogens is 284 g/mol. The van der Waals surface area contributed by atoms with Crippen molar-refractivity contribution in [2.24, 2.45) is 0 Å². The lowest BCUT2D eigenvalue weighted by atomic mass is 10.1. The predicted octanol–water partition coefficient (Wildman–Crippen LogP) is 1.72. The summed E-state index contributed by atoms with van der Waals surface area (Å²) >= 11 is 1.83. The lowest BCUT2D eigenvalue weighted by Crippen LogP contribution is -2.45. The minimum absolute atomic E-state index is 0.645. The number of hydrogen-bond donors (Lipinski definition) is 1. The summed E-state index contributed by atoms with van der Waals surface area (Å²) in [7, 11) is 6.08. The van der Waals surface area contributed by atoms with Crippen LogP contribution < -0.4 is 10.2 Å². The van der Waals surface area contributed by atoms with E-state index in [0.717, 1.165) is 38.5 Å². The molecule has 0 radical (unpaired) electrons. The normalized spacial score (nSPS) is 19.5. The van der Waals surface area contributed by atoms with Gasteiger partial charge in [-0.05, 0) is 33.9 Å². The molecule has 1 aliphatic heterocycles. The van der Waals surface area contributed by atoms with Crippen molar-refractivity contribution in [3.8, 4) is 0 Å². The van der Waals surface area contributed by atoms with E-state index < -0.39 is 0 Å². The van der Waals surface area contributed by atoms with Crippen LogP contribution in [0.3, 0.4) is 0 Å². The highest BCUT2D eigenvalue weighted by Gasteiger charge is 2.23. The fourth-order valence-corrected chi connectivity index (χ4v) is 3.70. The molecule has 21 heavy (non-hydrogen) atoms. The van der Waals surface area contributed by atoms with Crippen molar-refractivity contribution in [1.82, 2.24) is 15.2 Å². The monoisotopic (exact) mass is 312 g/mol. The van der Waals surface area contributed by atoms with Crippen LogP contribution in [0.5, 0.6) is 0 Å². The van der Waals surface area contributed by atoms with Crippen LogP contribution in [0.15, 0.2) is 0 Å². The van der Waals surface area contributed by atoms with Crippen LogP contribution >= 0.6 is 11.3 Å². The summed E-state index contributed by atoms with van der Waals surface area (Å²) in [4.78, 5) is 10.9. The van der Waals surface area contributed by atoms with E-state index in [9.17, 15) is 0 Å². The lowest BCUT2D eigenvalue weighted by molar-refractivity contribution is 0.199. The molecule has 0 bridgehead atoms. The number of anilines is 1. The van der Waals surface area contributed by atoms with Gasteiger partial charge in [-0.15, -0.1) is 11.3 Å². The minimum Gasteiger partial charge on any atom is -0.383 e. The largest absolute Gasteiger partial charge is 0.383 e. The Balaban J connectivity index is 1.94. The second-order valence-corrected chi connectivity index (χ2v) is 6.94. The molecule has 1 atom stereocenters. The van der Waals surface area contributed by atoms with Crippen molar-refractivity contribution < 1.29 is 4.74 Å². The molecular formula is C15H28N4OS. The molecule has 0 saturated carbocycles. The van der Waals surface area contributed by atoms with Crippen molar-refractivity contribution in [3.05, 3.63) is 10.6 Å². The number of aryl methyl sites for hydroxylation is 1. The summed E-state index contributed by atoms with van der Waals surface area (Å²) in [5.41, 5.74) is 1.16. The maximum absolute atomic E-state index is 5.06. The van der Waals surface area contributed by atoms with Crippen molar-refractivity contribution in [2.45, 2.75) is 32.4 Å². The average molecular weight is 312 g/mol. The first-order valence-corrected chi connectivity index (χ1v) is 8.50. The van der Waals surface area contributed by atoms with Crippen molar-refractivity contribution >= 4 is 16.5 Å². The summed E-state index contributed by atoms with van der Waals surface area (Å²) in [6.45, 7) is 6.86. The van der Waals surface area contributed by atoms with Crippen molar-refractivity contribution in [3.63, 3.8) is 0 Å². The van der Waals surface area contributed by atoms with E-state index >= 15 is 0 Å². The van der Waals surface area contributed by atoms with Gasteiger partial charge in [0.05, 0.1) is 12.3 Å². The van der Waals surface area contributed by atoms with Crippen LogP contribution in [0.1, 0.15) is 23.4 Å². The molecule has 5 nitrogen and oxygen atoms in total. The first-order valence-electron chi connectivity index (χ1n) is 7.69. The van der Waals surface area contributed by atoms with Gasteiger partial charge < -0.3 is 19.9 Å². The van der Waals surface area contributed by atoms with Gasteiger partial charge in [-0.1, -0.05) is 0 Å². The Morgan fingerprint density at radius 1 is 1.48 bits per heavy atom. The molecule has 0 aromatic carbocycles. The lowest BCUT2D eigenvalue weighted by Gasteiger charge is -2.35. The maximum Gasteiger partial charge on any atom is 0.185 e. The Morgan fingerprint density at radius 3 is 3.00 bits per heavy atom. The molecule has 2 heterocycles. The van der Waals surface area contributed by atoms with Crippen molar-refractivity contribution in [1.29, 1.82) is 0 Å². The van der Waals surface area contributed by atoms with Gasteiger partial charge >= 0.3 is 0 Å². The summed E-state index contributed by atoms with van der Waals surface area (Å²) < 4.78 is 5.06. The van der Waals surface area contributed by atoms with Crippen LogP contribution in [-0.2, 0) is 11.3 Å². The number of nitrogens with zero attached hydrogens (tertiary/aromatic N) is 3. The highest BCUT2D eigenvalue weighted by Crippen LogP contribution is 2.28. The molecule has 1 aromatic heterocycles. The zero-order valence-corrected chi connectivity index (χ0v) is 14.5. The van der Waals surface area contributed by atoms with Crippen LogP contribution in [0.25, 0.3) is 0 Å². The zero-order chi connectivity index (χ0) is 15.2. The predicted molar refractivity (Wildman–Crippen MR) is 89.4 cm³/mol. The molecule has 6 heteroatoms. The summed E-state index contributed by atoms with van der Waals surface area (Å²) in [5.74, 6) is 0. The number of piperidine rings is 1. The standard InChI is InChI=1S/C15H28N4OS/c1-12-14(10-16-7-9-20-4)21-15(17-12)19-8-5-6-13(11-19)18(2)3/h13,16H,5-11H2,1-4H3. The molecule has 2 rings (SSSR count). The number of nitrogens with one attached hydrogen (secondary N) is 1. The maximum atomic E-state index is 5.06. The Labute approximate surface area is 132 Å². The van der Waals surface area contributed by atoms with Crippen LogP contribution in [-0.4, -0.2) is 63.4 Å². The van der Waals surface area contributed by atoms with Crippen LogP contribution in [0.2, 0.25) is 0 Å². The Kier molecular flexibility index (Phi) is 6.41. The highest BCUT2D eigenvalue weighted by molar-refractivity contribution is 7.15. The van der Waals surface area contributed by atoms with Gasteiger partial charge in [-0.3, -0.25) is 0 Å². The number of methoxy groups -OCH3 is 1.